The van der Waals surface area contributed by atoms with E-state index in [2.05, 4.69) is 15.2 Å². The Kier molecular flexibility index (Phi) is 5.60. The lowest BCUT2D eigenvalue weighted by Crippen LogP contribution is -2.41. The molecule has 0 atom stereocenters. The van der Waals surface area contributed by atoms with Gasteiger partial charge in [-0.05, 0) is 48.6 Å². The second-order valence-corrected chi connectivity index (χ2v) is 9.04. The second-order valence-electron chi connectivity index (χ2n) is 7.35. The third-order valence-corrected chi connectivity index (χ3v) is 6.66. The van der Waals surface area contributed by atoms with Crippen molar-refractivity contribution in [3.05, 3.63) is 71.9 Å². The van der Waals surface area contributed by atoms with E-state index in [0.29, 0.717) is 11.4 Å². The van der Waals surface area contributed by atoms with Crippen molar-refractivity contribution in [3.63, 3.8) is 0 Å². The van der Waals surface area contributed by atoms with Gasteiger partial charge in [0.05, 0.1) is 10.4 Å². The van der Waals surface area contributed by atoms with E-state index in [4.69, 9.17) is 0 Å². The molecule has 0 saturated heterocycles. The Bertz CT molecular complexity index is 1120. The summed E-state index contributed by atoms with van der Waals surface area (Å²) in [6, 6.07) is 17.7. The van der Waals surface area contributed by atoms with E-state index in [1.54, 1.807) is 30.3 Å². The van der Waals surface area contributed by atoms with Crippen LogP contribution >= 0.6 is 0 Å². The number of benzene rings is 2. The molecule has 1 heterocycles. The van der Waals surface area contributed by atoms with Gasteiger partial charge in [0, 0.05) is 5.39 Å². The highest BCUT2D eigenvalue weighted by molar-refractivity contribution is 7.89. The number of hydrogen-bond donors (Lipinski definition) is 2. The first-order valence-corrected chi connectivity index (χ1v) is 11.3. The summed E-state index contributed by atoms with van der Waals surface area (Å²) in [5.41, 5.74) is 4.22. The Morgan fingerprint density at radius 3 is 2.38 bits per heavy atom. The van der Waals surface area contributed by atoms with Crippen molar-refractivity contribution >= 4 is 26.8 Å². The van der Waals surface area contributed by atoms with E-state index in [-0.39, 0.29) is 10.6 Å². The lowest BCUT2D eigenvalue weighted by molar-refractivity contribution is 0.0940. The molecule has 150 valence electrons. The van der Waals surface area contributed by atoms with Gasteiger partial charge in [-0.1, -0.05) is 55.7 Å². The van der Waals surface area contributed by atoms with Gasteiger partial charge in [-0.2, -0.15) is 0 Å². The van der Waals surface area contributed by atoms with Gasteiger partial charge in [0.15, 0.2) is 0 Å². The SMILES string of the molecule is O=C(NNS(=O)(=O)c1ccc(C2CCCCC2)cc1)c1ccc2ccccc2n1. The molecule has 1 aromatic heterocycles. The van der Waals surface area contributed by atoms with E-state index in [1.807, 2.05) is 30.3 Å². The van der Waals surface area contributed by atoms with Gasteiger partial charge in [0.2, 0.25) is 0 Å². The van der Waals surface area contributed by atoms with Crippen molar-refractivity contribution < 1.29 is 13.2 Å². The maximum Gasteiger partial charge on any atom is 0.284 e. The zero-order valence-electron chi connectivity index (χ0n) is 16.0. The van der Waals surface area contributed by atoms with Gasteiger partial charge in [-0.3, -0.25) is 10.2 Å². The average molecular weight is 410 g/mol. The first-order valence-electron chi connectivity index (χ1n) is 9.81. The third kappa shape index (κ3) is 4.46. The lowest BCUT2D eigenvalue weighted by atomic mass is 9.84. The monoisotopic (exact) mass is 409 g/mol. The lowest BCUT2D eigenvalue weighted by Gasteiger charge is -2.22. The van der Waals surface area contributed by atoms with Crippen LogP contribution in [-0.2, 0) is 10.0 Å². The summed E-state index contributed by atoms with van der Waals surface area (Å²) in [7, 11) is -3.86. The van der Waals surface area contributed by atoms with Crippen LogP contribution in [0.4, 0.5) is 0 Å². The number of sulfonamides is 1. The standard InChI is InChI=1S/C22H23N3O3S/c26-22(21-15-12-18-8-4-5-9-20(18)23-21)24-25-29(27,28)19-13-10-17(11-14-19)16-6-2-1-3-7-16/h4-5,8-16,25H,1-3,6-7H2,(H,24,26). The number of nitrogens with zero attached hydrogens (tertiary/aromatic N) is 1. The minimum atomic E-state index is -3.86. The fraction of sp³-hybridized carbons (Fsp3) is 0.273. The van der Waals surface area contributed by atoms with E-state index >= 15 is 0 Å². The molecule has 1 aliphatic rings. The molecule has 4 rings (SSSR count). The maximum atomic E-state index is 12.5. The van der Waals surface area contributed by atoms with Crippen molar-refractivity contribution in [3.8, 4) is 0 Å². The van der Waals surface area contributed by atoms with Gasteiger partial charge in [0.1, 0.15) is 5.69 Å². The van der Waals surface area contributed by atoms with E-state index < -0.39 is 15.9 Å². The van der Waals surface area contributed by atoms with Crippen LogP contribution < -0.4 is 10.3 Å². The molecule has 29 heavy (non-hydrogen) atoms. The summed E-state index contributed by atoms with van der Waals surface area (Å²) in [5, 5.41) is 0.905. The molecule has 1 aliphatic carbocycles. The summed E-state index contributed by atoms with van der Waals surface area (Å²) in [5.74, 6) is -0.106. The maximum absolute atomic E-state index is 12.5. The molecule has 1 fully saturated rings. The molecule has 0 radical (unpaired) electrons. The fourth-order valence-corrected chi connectivity index (χ4v) is 4.62. The predicted molar refractivity (Wildman–Crippen MR) is 112 cm³/mol. The van der Waals surface area contributed by atoms with Crippen LogP contribution in [0.5, 0.6) is 0 Å². The van der Waals surface area contributed by atoms with E-state index in [1.165, 1.54) is 24.8 Å². The number of hydrazine groups is 1. The Labute approximate surface area is 170 Å². The minimum Gasteiger partial charge on any atom is -0.272 e. The van der Waals surface area contributed by atoms with Crippen molar-refractivity contribution in [1.29, 1.82) is 0 Å². The first kappa shape index (κ1) is 19.5. The molecule has 2 N–H and O–H groups in total. The number of aromatic nitrogens is 1. The van der Waals surface area contributed by atoms with Crippen LogP contribution in [0.3, 0.4) is 0 Å². The Hall–Kier alpha value is -2.77. The molecule has 0 unspecified atom stereocenters. The number of hydrogen-bond acceptors (Lipinski definition) is 4. The van der Waals surface area contributed by atoms with E-state index in [0.717, 1.165) is 18.2 Å². The molecule has 0 bridgehead atoms. The summed E-state index contributed by atoms with van der Waals surface area (Å²) in [4.78, 5) is 18.9. The summed E-state index contributed by atoms with van der Waals surface area (Å²) < 4.78 is 25.0. The average Bonchev–Trinajstić information content (AvgIpc) is 2.78. The quantitative estimate of drug-likeness (QED) is 0.626. The number of nitrogens with one attached hydrogen (secondary N) is 2. The van der Waals surface area contributed by atoms with Crippen LogP contribution in [0.2, 0.25) is 0 Å². The van der Waals surface area contributed by atoms with Gasteiger partial charge >= 0.3 is 0 Å². The highest BCUT2D eigenvalue weighted by atomic mass is 32.2. The summed E-state index contributed by atoms with van der Waals surface area (Å²) in [6.07, 6.45) is 6.03. The molecular weight excluding hydrogens is 386 g/mol. The topological polar surface area (TPSA) is 88.2 Å². The number of fused-ring (bicyclic) bond motifs is 1. The van der Waals surface area contributed by atoms with E-state index in [9.17, 15) is 13.2 Å². The van der Waals surface area contributed by atoms with Crippen LogP contribution in [-0.4, -0.2) is 19.3 Å². The molecule has 1 amide bonds. The predicted octanol–water partition coefficient (Wildman–Crippen LogP) is 3.91. The van der Waals surface area contributed by atoms with Crippen LogP contribution in [0.1, 0.15) is 54.1 Å². The Morgan fingerprint density at radius 2 is 1.62 bits per heavy atom. The number of amides is 1. The Morgan fingerprint density at radius 1 is 0.897 bits per heavy atom. The normalized spacial score (nSPS) is 15.3. The van der Waals surface area contributed by atoms with Crippen molar-refractivity contribution in [1.82, 2.24) is 15.2 Å². The largest absolute Gasteiger partial charge is 0.284 e. The minimum absolute atomic E-state index is 0.115. The zero-order chi connectivity index (χ0) is 20.3. The molecule has 2 aromatic carbocycles. The first-order chi connectivity index (χ1) is 14.0. The number of para-hydroxylation sites is 1. The second kappa shape index (κ2) is 8.31. The molecule has 7 heteroatoms. The Balaban J connectivity index is 1.43. The number of carbonyl (C=O) groups excluding carboxylic acids is 1. The number of rotatable bonds is 5. The van der Waals surface area contributed by atoms with Crippen molar-refractivity contribution in [2.45, 2.75) is 42.9 Å². The van der Waals surface area contributed by atoms with Crippen LogP contribution in [0.25, 0.3) is 10.9 Å². The van der Waals surface area contributed by atoms with Crippen molar-refractivity contribution in [2.24, 2.45) is 0 Å². The summed E-state index contributed by atoms with van der Waals surface area (Å²) in [6.45, 7) is 0. The van der Waals surface area contributed by atoms with Gasteiger partial charge < -0.3 is 0 Å². The van der Waals surface area contributed by atoms with Crippen LogP contribution in [0, 0.1) is 0 Å². The van der Waals surface area contributed by atoms with Gasteiger partial charge in [0.25, 0.3) is 15.9 Å². The third-order valence-electron chi connectivity index (χ3n) is 5.40. The number of pyridine rings is 1. The van der Waals surface area contributed by atoms with Gasteiger partial charge in [-0.15, -0.1) is 4.83 Å². The molecule has 6 nitrogen and oxygen atoms in total. The molecule has 3 aromatic rings. The van der Waals surface area contributed by atoms with Crippen LogP contribution in [0.15, 0.2) is 65.6 Å². The summed E-state index contributed by atoms with van der Waals surface area (Å²) >= 11 is 0. The smallest absolute Gasteiger partial charge is 0.272 e. The molecule has 0 aliphatic heterocycles. The number of carbonyl (C=O) groups is 1. The zero-order valence-corrected chi connectivity index (χ0v) is 16.8. The molecular formula is C22H23N3O3S. The molecule has 0 spiro atoms. The highest BCUT2D eigenvalue weighted by Gasteiger charge is 2.19. The highest BCUT2D eigenvalue weighted by Crippen LogP contribution is 2.32. The van der Waals surface area contributed by atoms with Crippen molar-refractivity contribution in [2.75, 3.05) is 0 Å². The fourth-order valence-electron chi connectivity index (χ4n) is 3.78. The molecule has 1 saturated carbocycles. The van der Waals surface area contributed by atoms with Gasteiger partial charge in [-0.25, -0.2) is 13.4 Å².